The largest absolute Gasteiger partial charge is 0.478 e. The highest BCUT2D eigenvalue weighted by atomic mass is 32.1. The summed E-state index contributed by atoms with van der Waals surface area (Å²) >= 11 is 1.40. The fraction of sp³-hybridized carbons (Fsp3) is 0.278. The molecule has 0 bridgehead atoms. The molecule has 2 aromatic rings. The number of carbonyl (C=O) groups excluding carboxylic acids is 2. The monoisotopic (exact) mass is 374 g/mol. The van der Waals surface area contributed by atoms with E-state index in [2.05, 4.69) is 10.6 Å². The van der Waals surface area contributed by atoms with E-state index in [1.807, 2.05) is 0 Å². The minimum atomic E-state index is -1.67. The van der Waals surface area contributed by atoms with Gasteiger partial charge in [0.15, 0.2) is 0 Å². The molecule has 26 heavy (non-hydrogen) atoms. The van der Waals surface area contributed by atoms with Gasteiger partial charge in [-0.3, -0.25) is 9.59 Å². The number of para-hydroxylation sites is 1. The fourth-order valence-corrected chi connectivity index (χ4v) is 3.70. The van der Waals surface area contributed by atoms with Crippen molar-refractivity contribution in [2.75, 3.05) is 13.1 Å². The van der Waals surface area contributed by atoms with Crippen LogP contribution in [0.2, 0.25) is 0 Å². The van der Waals surface area contributed by atoms with E-state index in [1.54, 1.807) is 36.4 Å². The molecular formula is C18H18N2O5S. The molecule has 3 N–H and O–H groups in total. The van der Waals surface area contributed by atoms with Crippen LogP contribution >= 0.6 is 11.3 Å². The van der Waals surface area contributed by atoms with Crippen LogP contribution in [0, 0.1) is 0 Å². The molecule has 8 heteroatoms. The minimum absolute atomic E-state index is 0.276. The summed E-state index contributed by atoms with van der Waals surface area (Å²) in [5.74, 6) is -2.23. The van der Waals surface area contributed by atoms with Crippen molar-refractivity contribution >= 4 is 29.0 Å². The number of rotatable bonds is 7. The summed E-state index contributed by atoms with van der Waals surface area (Å²) in [5.41, 5.74) is 1.09. The summed E-state index contributed by atoms with van der Waals surface area (Å²) in [7, 11) is 0. The zero-order valence-corrected chi connectivity index (χ0v) is 14.7. The molecule has 2 heterocycles. The lowest BCUT2D eigenvalue weighted by Crippen LogP contribution is -2.42. The number of ketones is 1. The maximum Gasteiger partial charge on any atom is 0.352 e. The molecule has 3 rings (SSSR count). The Hall–Kier alpha value is -2.71. The van der Waals surface area contributed by atoms with Crippen molar-refractivity contribution < 1.29 is 24.2 Å². The molecule has 1 atom stereocenters. The predicted molar refractivity (Wildman–Crippen MR) is 95.6 cm³/mol. The van der Waals surface area contributed by atoms with Gasteiger partial charge < -0.3 is 20.5 Å². The molecule has 0 aliphatic carbocycles. The molecule has 1 amide bonds. The first kappa shape index (κ1) is 18.1. The summed E-state index contributed by atoms with van der Waals surface area (Å²) in [6, 6.07) is 10.0. The van der Waals surface area contributed by atoms with Crippen molar-refractivity contribution in [1.82, 2.24) is 10.6 Å². The average molecular weight is 374 g/mol. The highest BCUT2D eigenvalue weighted by Gasteiger charge is 2.29. The Balaban J connectivity index is 1.60. The normalized spacial score (nSPS) is 14.2. The molecule has 0 saturated heterocycles. The molecule has 1 aliphatic heterocycles. The van der Waals surface area contributed by atoms with Crippen LogP contribution in [0.3, 0.4) is 0 Å². The van der Waals surface area contributed by atoms with Crippen molar-refractivity contribution in [3.05, 3.63) is 51.7 Å². The van der Waals surface area contributed by atoms with E-state index in [1.165, 1.54) is 11.3 Å². The van der Waals surface area contributed by atoms with Crippen LogP contribution in [-0.4, -0.2) is 42.0 Å². The second-order valence-electron chi connectivity index (χ2n) is 5.78. The summed E-state index contributed by atoms with van der Waals surface area (Å²) in [6.07, 6.45) is -0.795. The van der Waals surface area contributed by atoms with Gasteiger partial charge in [-0.05, 0) is 30.2 Å². The summed E-state index contributed by atoms with van der Waals surface area (Å²) in [4.78, 5) is 37.5. The van der Waals surface area contributed by atoms with E-state index < -0.39 is 24.4 Å². The lowest BCUT2D eigenvalue weighted by molar-refractivity contribution is -0.150. The summed E-state index contributed by atoms with van der Waals surface area (Å²) in [5, 5.41) is 15.0. The molecule has 0 radical (unpaired) electrons. The lowest BCUT2D eigenvalue weighted by Gasteiger charge is -2.14. The van der Waals surface area contributed by atoms with Crippen LogP contribution in [0.15, 0.2) is 36.4 Å². The van der Waals surface area contributed by atoms with Crippen molar-refractivity contribution in [3.8, 4) is 5.75 Å². The van der Waals surface area contributed by atoms with Gasteiger partial charge in [0, 0.05) is 18.0 Å². The zero-order chi connectivity index (χ0) is 18.5. The summed E-state index contributed by atoms with van der Waals surface area (Å²) < 4.78 is 5.24. The number of carboxylic acids is 1. The Labute approximate surface area is 154 Å². The number of hydrogen-bond acceptors (Lipinski definition) is 6. The maximum absolute atomic E-state index is 12.3. The number of amides is 1. The number of aliphatic carboxylic acids is 1. The minimum Gasteiger partial charge on any atom is -0.478 e. The number of nitrogens with one attached hydrogen (secondary N) is 2. The topological polar surface area (TPSA) is 105 Å². The van der Waals surface area contributed by atoms with Gasteiger partial charge in [0.2, 0.25) is 5.78 Å². The molecule has 0 saturated carbocycles. The van der Waals surface area contributed by atoms with Gasteiger partial charge in [0.05, 0.1) is 11.4 Å². The number of carboxylic acid groups (broad SMARTS) is 1. The van der Waals surface area contributed by atoms with Crippen LogP contribution in [0.4, 0.5) is 0 Å². The maximum atomic E-state index is 12.3. The molecule has 1 aliphatic rings. The number of Topliss-reactive ketones (excluding diaryl/α,β-unsaturated/α-hetero) is 1. The van der Waals surface area contributed by atoms with Gasteiger partial charge in [-0.2, -0.15) is 0 Å². The number of benzene rings is 1. The third-order valence-electron chi connectivity index (χ3n) is 3.90. The van der Waals surface area contributed by atoms with Crippen molar-refractivity contribution in [2.24, 2.45) is 0 Å². The first-order chi connectivity index (χ1) is 12.5. The quantitative estimate of drug-likeness (QED) is 0.630. The molecule has 1 unspecified atom stereocenters. The highest BCUT2D eigenvalue weighted by Crippen LogP contribution is 2.25. The van der Waals surface area contributed by atoms with Crippen LogP contribution < -0.4 is 15.4 Å². The van der Waals surface area contributed by atoms with E-state index >= 15 is 0 Å². The predicted octanol–water partition coefficient (Wildman–Crippen LogP) is 1.22. The molecule has 0 fully saturated rings. The van der Waals surface area contributed by atoms with Crippen molar-refractivity contribution in [1.29, 1.82) is 0 Å². The second-order valence-corrected chi connectivity index (χ2v) is 6.92. The summed E-state index contributed by atoms with van der Waals surface area (Å²) in [6.45, 7) is 1.19. The standard InChI is InChI=1S/C18H18N2O5S/c21-13(16(18(23)24)25-12-4-2-1-3-5-12)10-20-17(22)15-8-11-9-19-7-6-14(11)26-15/h1-5,8,16,19H,6-7,9-10H2,(H,20,22)(H,23,24). The van der Waals surface area contributed by atoms with E-state index in [0.29, 0.717) is 4.88 Å². The molecular weight excluding hydrogens is 356 g/mol. The zero-order valence-electron chi connectivity index (χ0n) is 13.9. The van der Waals surface area contributed by atoms with Crippen LogP contribution in [0.25, 0.3) is 0 Å². The Bertz CT molecular complexity index is 795. The van der Waals surface area contributed by atoms with Gasteiger partial charge in [-0.25, -0.2) is 4.79 Å². The molecule has 0 spiro atoms. The molecule has 1 aromatic heterocycles. The third-order valence-corrected chi connectivity index (χ3v) is 5.14. The van der Waals surface area contributed by atoms with Gasteiger partial charge in [-0.1, -0.05) is 18.2 Å². The smallest absolute Gasteiger partial charge is 0.352 e. The molecule has 1 aromatic carbocycles. The van der Waals surface area contributed by atoms with Crippen LogP contribution in [0.1, 0.15) is 20.1 Å². The number of ether oxygens (including phenoxy) is 1. The van der Waals surface area contributed by atoms with Crippen molar-refractivity contribution in [3.63, 3.8) is 0 Å². The number of thiophene rings is 1. The molecule has 136 valence electrons. The number of carbonyl (C=O) groups is 3. The van der Waals surface area contributed by atoms with Gasteiger partial charge in [0.25, 0.3) is 12.0 Å². The van der Waals surface area contributed by atoms with E-state index in [-0.39, 0.29) is 11.7 Å². The van der Waals surface area contributed by atoms with Crippen LogP contribution in [0.5, 0.6) is 5.75 Å². The third kappa shape index (κ3) is 4.27. The van der Waals surface area contributed by atoms with Crippen LogP contribution in [-0.2, 0) is 22.6 Å². The Morgan fingerprint density at radius 1 is 1.27 bits per heavy atom. The first-order valence-electron chi connectivity index (χ1n) is 8.12. The SMILES string of the molecule is O=C(NCC(=O)C(Oc1ccccc1)C(=O)O)c1cc2c(s1)CCNC2. The fourth-order valence-electron chi connectivity index (χ4n) is 2.60. The van der Waals surface area contributed by atoms with Gasteiger partial charge in [-0.15, -0.1) is 11.3 Å². The van der Waals surface area contributed by atoms with Gasteiger partial charge >= 0.3 is 5.97 Å². The number of fused-ring (bicyclic) bond motifs is 1. The first-order valence-corrected chi connectivity index (χ1v) is 8.94. The lowest BCUT2D eigenvalue weighted by atomic mass is 10.1. The van der Waals surface area contributed by atoms with E-state index in [0.717, 1.165) is 30.0 Å². The highest BCUT2D eigenvalue weighted by molar-refractivity contribution is 7.14. The molecule has 7 nitrogen and oxygen atoms in total. The number of hydrogen-bond donors (Lipinski definition) is 3. The van der Waals surface area contributed by atoms with E-state index in [9.17, 15) is 19.5 Å². The Kier molecular flexibility index (Phi) is 5.65. The average Bonchev–Trinajstić information content (AvgIpc) is 3.09. The van der Waals surface area contributed by atoms with Gasteiger partial charge in [0.1, 0.15) is 5.75 Å². The Morgan fingerprint density at radius 3 is 2.73 bits per heavy atom. The van der Waals surface area contributed by atoms with Crippen molar-refractivity contribution in [2.45, 2.75) is 19.1 Å². The van der Waals surface area contributed by atoms with E-state index in [4.69, 9.17) is 4.74 Å². The Morgan fingerprint density at radius 2 is 2.04 bits per heavy atom. The second kappa shape index (κ2) is 8.11.